The molecule has 4 N–H and O–H groups in total. The van der Waals surface area contributed by atoms with Crippen molar-refractivity contribution in [3.05, 3.63) is 433 Å². The van der Waals surface area contributed by atoms with Gasteiger partial charge in [0.05, 0.1) is 22.1 Å². The van der Waals surface area contributed by atoms with Crippen LogP contribution >= 0.6 is 22.7 Å². The van der Waals surface area contributed by atoms with Crippen molar-refractivity contribution in [3.8, 4) is 44.5 Å². The van der Waals surface area contributed by atoms with Crippen LogP contribution in [0.1, 0.15) is 99.9 Å². The quantitative estimate of drug-likeness (QED) is 0.121. The molecule has 8 heteroatoms. The second-order valence-electron chi connectivity index (χ2n) is 38.0. The molecule has 4 aromatic heterocycles. The summed E-state index contributed by atoms with van der Waals surface area (Å²) in [7, 11) is 0. The first-order valence-electron chi connectivity index (χ1n) is 45.8. The van der Waals surface area contributed by atoms with E-state index in [0.29, 0.717) is 0 Å². The highest BCUT2D eigenvalue weighted by molar-refractivity contribution is 7.27. The van der Waals surface area contributed by atoms with E-state index >= 15 is 0 Å². The molecule has 0 unspecified atom stereocenters. The molecule has 0 aliphatic heterocycles. The normalized spacial score (nSPS) is 14.0. The van der Waals surface area contributed by atoms with Crippen molar-refractivity contribution in [2.45, 2.75) is 77.0 Å². The molecule has 132 heavy (non-hydrogen) atoms. The van der Waals surface area contributed by atoms with E-state index in [2.05, 4.69) is 453 Å². The molecule has 0 bridgehead atoms. The molecule has 28 rings (SSSR count). The third kappa shape index (κ3) is 12.4. The van der Waals surface area contributed by atoms with E-state index in [9.17, 15) is 0 Å². The van der Waals surface area contributed by atoms with Crippen LogP contribution in [0.3, 0.4) is 0 Å². The van der Waals surface area contributed by atoms with Gasteiger partial charge in [-0.05, 0) is 224 Å². The minimum atomic E-state index is -0.0453. The number of para-hydroxylation sites is 1. The average molecular weight is 1730 g/mol. The molecule has 4 aliphatic carbocycles. The van der Waals surface area contributed by atoms with Gasteiger partial charge in [-0.1, -0.05) is 341 Å². The van der Waals surface area contributed by atoms with E-state index in [1.165, 1.54) is 195 Å². The lowest BCUT2D eigenvalue weighted by atomic mass is 9.81. The lowest BCUT2D eigenvalue weighted by Gasteiger charge is -2.25. The zero-order chi connectivity index (χ0) is 88.6. The van der Waals surface area contributed by atoms with Gasteiger partial charge in [0.1, 0.15) is 22.3 Å². The van der Waals surface area contributed by atoms with Gasteiger partial charge in [0.25, 0.3) is 0 Å². The summed E-state index contributed by atoms with van der Waals surface area (Å²) in [6.07, 6.45) is 0. The van der Waals surface area contributed by atoms with Crippen LogP contribution in [0.4, 0.5) is 45.5 Å². The molecule has 0 saturated heterocycles. The van der Waals surface area contributed by atoms with Gasteiger partial charge in [-0.25, -0.2) is 0 Å². The van der Waals surface area contributed by atoms with E-state index in [1.807, 2.05) is 34.8 Å². The maximum absolute atomic E-state index is 6.28. The number of hydrogen-bond donors (Lipinski definition) is 4. The average Bonchev–Trinajstić information content (AvgIpc) is 1.56. The molecule has 0 amide bonds. The topological polar surface area (TPSA) is 74.4 Å². The zero-order valence-corrected chi connectivity index (χ0v) is 76.2. The third-order valence-corrected chi connectivity index (χ3v) is 31.3. The first-order valence-corrected chi connectivity index (χ1v) is 47.5. The van der Waals surface area contributed by atoms with Crippen LogP contribution in [-0.2, 0) is 21.7 Å². The van der Waals surface area contributed by atoms with E-state index in [-0.39, 0.29) is 21.7 Å². The second kappa shape index (κ2) is 30.1. The lowest BCUT2D eigenvalue weighted by Crippen LogP contribution is -2.16. The van der Waals surface area contributed by atoms with Crippen LogP contribution in [-0.4, -0.2) is 0 Å². The summed E-state index contributed by atoms with van der Waals surface area (Å²) >= 11 is 3.76. The van der Waals surface area contributed by atoms with Crippen molar-refractivity contribution in [1.82, 2.24) is 0 Å². The maximum atomic E-state index is 6.28. The van der Waals surface area contributed by atoms with Gasteiger partial charge in [-0.2, -0.15) is 0 Å². The molecule has 0 spiro atoms. The Hall–Kier alpha value is -15.3. The highest BCUT2D eigenvalue weighted by Gasteiger charge is 2.41. The van der Waals surface area contributed by atoms with Gasteiger partial charge >= 0.3 is 0 Å². The highest BCUT2D eigenvalue weighted by Crippen LogP contribution is 2.58. The van der Waals surface area contributed by atoms with Crippen LogP contribution in [0.15, 0.2) is 397 Å². The number of anilines is 8. The Morgan fingerprint density at radius 2 is 0.674 bits per heavy atom. The molecule has 24 aromatic rings. The van der Waals surface area contributed by atoms with Gasteiger partial charge in [-0.3, -0.25) is 0 Å². The molecule has 20 aromatic carbocycles. The molecular formula is C124H92N4O2S2. The Balaban J connectivity index is 0.0000000945. The van der Waals surface area contributed by atoms with Crippen LogP contribution < -0.4 is 21.3 Å². The molecule has 4 heterocycles. The van der Waals surface area contributed by atoms with Gasteiger partial charge in [-0.15, -0.1) is 22.7 Å². The molecule has 0 radical (unpaired) electrons. The molecular weight excluding hydrogens is 1640 g/mol. The summed E-state index contributed by atoms with van der Waals surface area (Å²) in [5.41, 5.74) is 34.4. The Labute approximate surface area is 774 Å². The summed E-state index contributed by atoms with van der Waals surface area (Å²) in [6.45, 7) is 18.6. The van der Waals surface area contributed by atoms with Gasteiger partial charge < -0.3 is 30.1 Å². The Morgan fingerprint density at radius 3 is 1.42 bits per heavy atom. The number of fused-ring (bicyclic) bond motifs is 30. The van der Waals surface area contributed by atoms with Crippen LogP contribution in [0, 0.1) is 0 Å². The van der Waals surface area contributed by atoms with Crippen LogP contribution in [0.25, 0.3) is 172 Å². The standard InChI is InChI=1S/2C31H23NO.2C31H23NS/c1-31(2)25-13-7-5-11-22(25)24-18-20(15-16-26(24)31)32-30-21-10-4-3-9-19(21)17-28-29(30)23-12-6-8-14-27(23)33-28;1-31(2)22-12-6-5-11-21(22)28-23(31)13-7-14-24(28)32-25-15-8-16-26-30(25)29-20-10-4-3-9-19(20)17-18-27(29)33-26;1-31(2)24-13-6-5-11-21(24)22-12-7-15-26(29(22)31)32-25-14-8-16-27-28(25)23-18-17-19-9-3-4-10-20(19)30(23)33-27;1-31(2)25-11-6-5-10-22(25)23-15-14-21(18-26(23)31)32-27-12-7-13-28-30(27)24-16-19-8-3-4-9-20(19)17-29(24)33-28/h4*3-18,32H,1-2H3. The van der Waals surface area contributed by atoms with E-state index in [4.69, 9.17) is 8.83 Å². The van der Waals surface area contributed by atoms with Crippen molar-refractivity contribution in [1.29, 1.82) is 0 Å². The maximum Gasteiger partial charge on any atom is 0.138 e. The van der Waals surface area contributed by atoms with Crippen molar-refractivity contribution < 1.29 is 8.83 Å². The third-order valence-electron chi connectivity index (χ3n) is 29.0. The second-order valence-corrected chi connectivity index (χ2v) is 40.1. The fraction of sp³-hybridized carbons (Fsp3) is 0.0968. The summed E-state index contributed by atoms with van der Waals surface area (Å²) in [5, 5.41) is 35.1. The first kappa shape index (κ1) is 78.9. The predicted octanol–water partition coefficient (Wildman–Crippen LogP) is 36.1. The summed E-state index contributed by atoms with van der Waals surface area (Å²) in [4.78, 5) is 0. The number of rotatable bonds is 8. The molecule has 0 saturated carbocycles. The van der Waals surface area contributed by atoms with Crippen molar-refractivity contribution in [3.63, 3.8) is 0 Å². The van der Waals surface area contributed by atoms with E-state index in [1.54, 1.807) is 0 Å². The van der Waals surface area contributed by atoms with Crippen molar-refractivity contribution in [2.24, 2.45) is 0 Å². The zero-order valence-electron chi connectivity index (χ0n) is 74.6. The number of benzene rings is 20. The summed E-state index contributed by atoms with van der Waals surface area (Å²) in [5.74, 6) is 0. The van der Waals surface area contributed by atoms with Gasteiger partial charge in [0.2, 0.25) is 0 Å². The predicted molar refractivity (Wildman–Crippen MR) is 565 cm³/mol. The number of thiophene rings is 2. The largest absolute Gasteiger partial charge is 0.456 e. The smallest absolute Gasteiger partial charge is 0.138 e. The fourth-order valence-corrected chi connectivity index (χ4v) is 25.1. The van der Waals surface area contributed by atoms with Crippen LogP contribution in [0.5, 0.6) is 0 Å². The number of hydrogen-bond acceptors (Lipinski definition) is 8. The Morgan fingerprint density at radius 1 is 0.212 bits per heavy atom. The summed E-state index contributed by atoms with van der Waals surface area (Å²) < 4.78 is 17.9. The van der Waals surface area contributed by atoms with Gasteiger partial charge in [0.15, 0.2) is 0 Å². The van der Waals surface area contributed by atoms with E-state index < -0.39 is 0 Å². The summed E-state index contributed by atoms with van der Waals surface area (Å²) in [6, 6.07) is 140. The first-order chi connectivity index (χ1) is 64.5. The van der Waals surface area contributed by atoms with Crippen LogP contribution in [0.2, 0.25) is 0 Å². The number of nitrogens with one attached hydrogen (secondary N) is 4. The molecule has 632 valence electrons. The minimum Gasteiger partial charge on any atom is -0.456 e. The van der Waals surface area contributed by atoms with Gasteiger partial charge in [0, 0.05) is 118 Å². The molecule has 6 nitrogen and oxygen atoms in total. The Bertz CT molecular complexity index is 8950. The monoisotopic (exact) mass is 1730 g/mol. The molecule has 4 aliphatic rings. The molecule has 0 fully saturated rings. The Kier molecular flexibility index (Phi) is 18.0. The lowest BCUT2D eigenvalue weighted by molar-refractivity contribution is 0.660. The SMILES string of the molecule is CC1(C)c2ccccc2-c2c(Nc3cccc4oc5ccc6ccccc6c5c34)cccc21.CC1(C)c2ccccc2-c2cc(Nc3c4ccccc4cc4oc5ccccc5c34)ccc21.CC1(C)c2ccccc2-c2ccc(Nc3cccc4sc5cc6ccccc6cc5c34)cc21.CC1(C)c2ccccc2-c2cccc(Nc3cccc4sc5c6ccccc6ccc5c34)c21. The fourth-order valence-electron chi connectivity index (χ4n) is 22.6. The van der Waals surface area contributed by atoms with Crippen molar-refractivity contribution >= 4 is 195 Å². The van der Waals surface area contributed by atoms with E-state index in [0.717, 1.165) is 66.9 Å². The van der Waals surface area contributed by atoms with Crippen molar-refractivity contribution in [2.75, 3.05) is 21.3 Å². The number of furan rings is 2. The highest BCUT2D eigenvalue weighted by atomic mass is 32.1. The molecule has 0 atom stereocenters. The minimum absolute atomic E-state index is 0.00359.